The summed E-state index contributed by atoms with van der Waals surface area (Å²) in [5, 5.41) is 3.42. The monoisotopic (exact) mass is 283 g/mol. The molecule has 0 fully saturated rings. The predicted molar refractivity (Wildman–Crippen MR) is 89.2 cm³/mol. The number of benzene rings is 2. The Hall–Kier alpha value is -1.80. The SMILES string of the molecule is CNC(Cc1cc(C)cc(C)c1)c1ccc(C)cc1OC. The van der Waals surface area contributed by atoms with Gasteiger partial charge >= 0.3 is 0 Å². The Morgan fingerprint density at radius 3 is 2.19 bits per heavy atom. The van der Waals surface area contributed by atoms with Crippen LogP contribution in [-0.4, -0.2) is 14.2 Å². The third-order valence-corrected chi connectivity index (χ3v) is 3.83. The Kier molecular flexibility index (Phi) is 5.03. The Bertz CT molecular complexity index is 599. The van der Waals surface area contributed by atoms with Crippen molar-refractivity contribution in [2.24, 2.45) is 0 Å². The zero-order valence-electron chi connectivity index (χ0n) is 13.7. The molecule has 0 saturated heterocycles. The van der Waals surface area contributed by atoms with E-state index in [9.17, 15) is 0 Å². The minimum atomic E-state index is 0.252. The van der Waals surface area contributed by atoms with Gasteiger partial charge in [0.25, 0.3) is 0 Å². The van der Waals surface area contributed by atoms with Gasteiger partial charge in [-0.05, 0) is 51.4 Å². The predicted octanol–water partition coefficient (Wildman–Crippen LogP) is 4.12. The van der Waals surface area contributed by atoms with E-state index in [-0.39, 0.29) is 6.04 Å². The molecule has 0 aliphatic rings. The average molecular weight is 283 g/mol. The van der Waals surface area contributed by atoms with E-state index in [0.29, 0.717) is 0 Å². The number of ether oxygens (including phenoxy) is 1. The lowest BCUT2D eigenvalue weighted by molar-refractivity contribution is 0.401. The lowest BCUT2D eigenvalue weighted by atomic mass is 9.95. The molecule has 0 aliphatic carbocycles. The lowest BCUT2D eigenvalue weighted by Crippen LogP contribution is -2.19. The van der Waals surface area contributed by atoms with Gasteiger partial charge in [0.1, 0.15) is 5.75 Å². The number of hydrogen-bond acceptors (Lipinski definition) is 2. The van der Waals surface area contributed by atoms with Crippen LogP contribution in [0.3, 0.4) is 0 Å². The molecule has 0 aliphatic heterocycles. The molecule has 0 aromatic heterocycles. The molecule has 1 unspecified atom stereocenters. The van der Waals surface area contributed by atoms with Gasteiger partial charge in [0, 0.05) is 11.6 Å². The van der Waals surface area contributed by atoms with Crippen LogP contribution in [0.4, 0.5) is 0 Å². The van der Waals surface area contributed by atoms with Crippen LogP contribution >= 0.6 is 0 Å². The van der Waals surface area contributed by atoms with E-state index < -0.39 is 0 Å². The van der Waals surface area contributed by atoms with E-state index >= 15 is 0 Å². The molecule has 2 aromatic carbocycles. The minimum absolute atomic E-state index is 0.252. The van der Waals surface area contributed by atoms with Crippen molar-refractivity contribution in [1.29, 1.82) is 0 Å². The molecule has 2 aromatic rings. The van der Waals surface area contributed by atoms with E-state index in [4.69, 9.17) is 4.74 Å². The summed E-state index contributed by atoms with van der Waals surface area (Å²) in [6, 6.07) is 13.4. The van der Waals surface area contributed by atoms with Crippen molar-refractivity contribution in [1.82, 2.24) is 5.32 Å². The zero-order chi connectivity index (χ0) is 15.4. The van der Waals surface area contributed by atoms with Gasteiger partial charge in [-0.25, -0.2) is 0 Å². The second-order valence-corrected chi connectivity index (χ2v) is 5.79. The molecule has 0 bridgehead atoms. The quantitative estimate of drug-likeness (QED) is 0.891. The van der Waals surface area contributed by atoms with Gasteiger partial charge in [-0.3, -0.25) is 0 Å². The molecule has 21 heavy (non-hydrogen) atoms. The van der Waals surface area contributed by atoms with Crippen molar-refractivity contribution >= 4 is 0 Å². The van der Waals surface area contributed by atoms with Crippen LogP contribution in [0.2, 0.25) is 0 Å². The van der Waals surface area contributed by atoms with E-state index in [1.807, 2.05) is 7.05 Å². The summed E-state index contributed by atoms with van der Waals surface area (Å²) in [6.45, 7) is 6.39. The van der Waals surface area contributed by atoms with Gasteiger partial charge in [-0.2, -0.15) is 0 Å². The molecule has 0 saturated carbocycles. The Labute approximate surface area is 128 Å². The second kappa shape index (κ2) is 6.77. The maximum atomic E-state index is 5.55. The first kappa shape index (κ1) is 15.6. The molecular formula is C19H25NO. The normalized spacial score (nSPS) is 12.2. The molecule has 2 nitrogen and oxygen atoms in total. The van der Waals surface area contributed by atoms with Crippen LogP contribution in [0.1, 0.15) is 33.9 Å². The van der Waals surface area contributed by atoms with Crippen molar-refractivity contribution in [3.05, 3.63) is 64.2 Å². The summed E-state index contributed by atoms with van der Waals surface area (Å²) in [7, 11) is 3.74. The number of nitrogens with one attached hydrogen (secondary N) is 1. The maximum absolute atomic E-state index is 5.55. The molecule has 0 amide bonds. The number of aryl methyl sites for hydroxylation is 3. The first-order valence-electron chi connectivity index (χ1n) is 7.42. The summed E-state index contributed by atoms with van der Waals surface area (Å²) in [4.78, 5) is 0. The zero-order valence-corrected chi connectivity index (χ0v) is 13.7. The number of rotatable bonds is 5. The van der Waals surface area contributed by atoms with E-state index in [0.717, 1.165) is 12.2 Å². The third-order valence-electron chi connectivity index (χ3n) is 3.83. The molecule has 2 heteroatoms. The van der Waals surface area contributed by atoms with Gasteiger partial charge in [0.2, 0.25) is 0 Å². The van der Waals surface area contributed by atoms with Crippen LogP contribution in [0.15, 0.2) is 36.4 Å². The van der Waals surface area contributed by atoms with Crippen molar-refractivity contribution in [2.75, 3.05) is 14.2 Å². The van der Waals surface area contributed by atoms with Crippen LogP contribution < -0.4 is 10.1 Å². The fraction of sp³-hybridized carbons (Fsp3) is 0.368. The van der Waals surface area contributed by atoms with Crippen LogP contribution in [0, 0.1) is 20.8 Å². The Morgan fingerprint density at radius 1 is 0.952 bits per heavy atom. The fourth-order valence-corrected chi connectivity index (χ4v) is 2.90. The average Bonchev–Trinajstić information content (AvgIpc) is 2.44. The Morgan fingerprint density at radius 2 is 1.62 bits per heavy atom. The first-order valence-corrected chi connectivity index (χ1v) is 7.42. The highest BCUT2D eigenvalue weighted by Crippen LogP contribution is 2.29. The summed E-state index contributed by atoms with van der Waals surface area (Å²) in [5.41, 5.74) is 6.42. The van der Waals surface area contributed by atoms with Crippen LogP contribution in [0.25, 0.3) is 0 Å². The number of hydrogen-bond donors (Lipinski definition) is 1. The van der Waals surface area contributed by atoms with E-state index in [2.05, 4.69) is 62.5 Å². The van der Waals surface area contributed by atoms with Gasteiger partial charge in [-0.15, -0.1) is 0 Å². The lowest BCUT2D eigenvalue weighted by Gasteiger charge is -2.20. The molecule has 1 N–H and O–H groups in total. The standard InChI is InChI=1S/C19H25NO/c1-13-6-7-17(19(11-13)21-5)18(20-4)12-16-9-14(2)8-15(3)10-16/h6-11,18,20H,12H2,1-5H3. The highest BCUT2D eigenvalue weighted by Gasteiger charge is 2.15. The molecule has 0 radical (unpaired) electrons. The van der Waals surface area contributed by atoms with Crippen LogP contribution in [0.5, 0.6) is 5.75 Å². The van der Waals surface area contributed by atoms with Crippen molar-refractivity contribution < 1.29 is 4.74 Å². The summed E-state index contributed by atoms with van der Waals surface area (Å²) < 4.78 is 5.55. The molecule has 0 spiro atoms. The van der Waals surface area contributed by atoms with Crippen molar-refractivity contribution in [3.63, 3.8) is 0 Å². The van der Waals surface area contributed by atoms with E-state index in [1.165, 1.54) is 27.8 Å². The smallest absolute Gasteiger partial charge is 0.123 e. The summed E-state index contributed by atoms with van der Waals surface area (Å²) >= 11 is 0. The topological polar surface area (TPSA) is 21.3 Å². The number of likely N-dealkylation sites (N-methyl/N-ethyl adjacent to an activating group) is 1. The van der Waals surface area contributed by atoms with Gasteiger partial charge in [0.05, 0.1) is 7.11 Å². The van der Waals surface area contributed by atoms with Gasteiger partial charge in [-0.1, -0.05) is 41.5 Å². The highest BCUT2D eigenvalue weighted by molar-refractivity contribution is 5.40. The molecule has 1 atom stereocenters. The largest absolute Gasteiger partial charge is 0.496 e. The fourth-order valence-electron chi connectivity index (χ4n) is 2.90. The first-order chi connectivity index (χ1) is 10.0. The van der Waals surface area contributed by atoms with Crippen molar-refractivity contribution in [2.45, 2.75) is 33.2 Å². The van der Waals surface area contributed by atoms with Gasteiger partial charge < -0.3 is 10.1 Å². The molecule has 0 heterocycles. The molecular weight excluding hydrogens is 258 g/mol. The maximum Gasteiger partial charge on any atom is 0.123 e. The van der Waals surface area contributed by atoms with E-state index in [1.54, 1.807) is 7.11 Å². The summed E-state index contributed by atoms with van der Waals surface area (Å²) in [5.74, 6) is 0.957. The van der Waals surface area contributed by atoms with Crippen molar-refractivity contribution in [3.8, 4) is 5.75 Å². The summed E-state index contributed by atoms with van der Waals surface area (Å²) in [6.07, 6.45) is 0.957. The second-order valence-electron chi connectivity index (χ2n) is 5.79. The molecule has 2 rings (SSSR count). The molecule has 112 valence electrons. The Balaban J connectivity index is 2.31. The number of methoxy groups -OCH3 is 1. The minimum Gasteiger partial charge on any atom is -0.496 e. The van der Waals surface area contributed by atoms with Crippen LogP contribution in [-0.2, 0) is 6.42 Å². The highest BCUT2D eigenvalue weighted by atomic mass is 16.5. The van der Waals surface area contributed by atoms with Gasteiger partial charge in [0.15, 0.2) is 0 Å². The third kappa shape index (κ3) is 3.85.